The number of halogens is 4. The predicted molar refractivity (Wildman–Crippen MR) is 98.6 cm³/mol. The Kier molecular flexibility index (Phi) is 9.15. The first-order valence-electron chi connectivity index (χ1n) is 9.46. The molecule has 0 bridgehead atoms. The van der Waals surface area contributed by atoms with E-state index in [1.807, 2.05) is 0 Å². The topological polar surface area (TPSA) is 88.1 Å². The quantitative estimate of drug-likeness (QED) is 0.519. The number of carboxylic acids is 1. The van der Waals surface area contributed by atoms with Gasteiger partial charge < -0.3 is 19.9 Å². The minimum Gasteiger partial charge on any atom is -0.488 e. The molecule has 11 heteroatoms. The highest BCUT2D eigenvalue weighted by Crippen LogP contribution is 2.25. The average molecular weight is 436 g/mol. The van der Waals surface area contributed by atoms with Gasteiger partial charge in [0, 0.05) is 12.6 Å². The van der Waals surface area contributed by atoms with Gasteiger partial charge in [0.05, 0.1) is 12.1 Å². The summed E-state index contributed by atoms with van der Waals surface area (Å²) in [5.74, 6) is -1.80. The van der Waals surface area contributed by atoms with E-state index in [0.29, 0.717) is 13.0 Å². The molecule has 1 aromatic rings. The number of nitrogens with one attached hydrogen (secondary N) is 1. The van der Waals surface area contributed by atoms with Gasteiger partial charge in [0.15, 0.2) is 0 Å². The molecule has 7 nitrogen and oxygen atoms in total. The first kappa shape index (κ1) is 23.7. The highest BCUT2D eigenvalue weighted by molar-refractivity contribution is 5.97. The number of alkyl halides is 4. The maximum atomic E-state index is 12.7. The van der Waals surface area contributed by atoms with Crippen LogP contribution >= 0.6 is 0 Å². The second-order valence-corrected chi connectivity index (χ2v) is 6.79. The van der Waals surface area contributed by atoms with Crippen LogP contribution in [-0.2, 0) is 4.79 Å². The van der Waals surface area contributed by atoms with Crippen molar-refractivity contribution in [1.29, 1.82) is 0 Å². The summed E-state index contributed by atoms with van der Waals surface area (Å²) < 4.78 is 59.6. The van der Waals surface area contributed by atoms with Gasteiger partial charge in [0.25, 0.3) is 18.8 Å². The van der Waals surface area contributed by atoms with Crippen LogP contribution in [0.3, 0.4) is 0 Å². The zero-order valence-corrected chi connectivity index (χ0v) is 16.2. The van der Waals surface area contributed by atoms with Crippen LogP contribution in [0.2, 0.25) is 0 Å². The van der Waals surface area contributed by atoms with Gasteiger partial charge in [-0.1, -0.05) is 6.42 Å². The highest BCUT2D eigenvalue weighted by atomic mass is 19.3. The van der Waals surface area contributed by atoms with Crippen molar-refractivity contribution in [2.75, 3.05) is 32.8 Å². The van der Waals surface area contributed by atoms with Gasteiger partial charge in [-0.05, 0) is 37.6 Å². The molecule has 0 spiro atoms. The maximum Gasteiger partial charge on any atom is 0.317 e. The number of hydrogen-bond donors (Lipinski definition) is 2. The first-order chi connectivity index (χ1) is 14.3. The van der Waals surface area contributed by atoms with E-state index in [-0.39, 0.29) is 36.2 Å². The number of hydrogen-bond acceptors (Lipinski definition) is 5. The Bertz CT molecular complexity index is 720. The van der Waals surface area contributed by atoms with E-state index in [0.717, 1.165) is 18.9 Å². The molecule has 0 saturated carbocycles. The number of nitrogens with zero attached hydrogens (tertiary/aromatic N) is 1. The number of carboxylic acid groups (broad SMARTS) is 1. The van der Waals surface area contributed by atoms with Crippen molar-refractivity contribution in [2.24, 2.45) is 0 Å². The summed E-state index contributed by atoms with van der Waals surface area (Å²) in [5, 5.41) is 11.7. The SMILES string of the molecule is O=C(O)CN1CCCC[C@H]1CNC(=O)c1cc(OCC(F)F)ccc1OCC(F)F. The molecule has 2 N–H and O–H groups in total. The van der Waals surface area contributed by atoms with E-state index in [9.17, 15) is 27.2 Å². The molecule has 1 amide bonds. The predicted octanol–water partition coefficient (Wildman–Crippen LogP) is 2.64. The lowest BCUT2D eigenvalue weighted by Gasteiger charge is -2.34. The van der Waals surface area contributed by atoms with Gasteiger partial charge in [0.1, 0.15) is 24.7 Å². The van der Waals surface area contributed by atoms with E-state index in [2.05, 4.69) is 5.32 Å². The maximum absolute atomic E-state index is 12.7. The summed E-state index contributed by atoms with van der Waals surface area (Å²) in [6.45, 7) is -1.24. The second kappa shape index (κ2) is 11.6. The van der Waals surface area contributed by atoms with Gasteiger partial charge in [0.2, 0.25) is 0 Å². The van der Waals surface area contributed by atoms with Gasteiger partial charge in [-0.15, -0.1) is 0 Å². The number of piperidine rings is 1. The van der Waals surface area contributed by atoms with Gasteiger partial charge in [-0.3, -0.25) is 14.5 Å². The van der Waals surface area contributed by atoms with Crippen molar-refractivity contribution >= 4 is 11.9 Å². The van der Waals surface area contributed by atoms with Crippen LogP contribution in [0, 0.1) is 0 Å². The van der Waals surface area contributed by atoms with Crippen molar-refractivity contribution in [3.63, 3.8) is 0 Å². The molecule has 1 fully saturated rings. The summed E-state index contributed by atoms with van der Waals surface area (Å²) >= 11 is 0. The third kappa shape index (κ3) is 7.69. The molecule has 0 radical (unpaired) electrons. The highest BCUT2D eigenvalue weighted by Gasteiger charge is 2.25. The van der Waals surface area contributed by atoms with Crippen LogP contribution in [0.4, 0.5) is 17.6 Å². The Morgan fingerprint density at radius 3 is 2.50 bits per heavy atom. The Morgan fingerprint density at radius 1 is 1.13 bits per heavy atom. The van der Waals surface area contributed by atoms with Crippen molar-refractivity contribution in [2.45, 2.75) is 38.2 Å². The van der Waals surface area contributed by atoms with E-state index in [1.165, 1.54) is 12.1 Å². The number of rotatable bonds is 11. The lowest BCUT2D eigenvalue weighted by atomic mass is 10.0. The zero-order valence-electron chi connectivity index (χ0n) is 16.2. The normalized spacial score (nSPS) is 17.2. The van der Waals surface area contributed by atoms with Crippen molar-refractivity contribution < 1.29 is 41.7 Å². The van der Waals surface area contributed by atoms with Crippen molar-refractivity contribution in [3.05, 3.63) is 23.8 Å². The number of likely N-dealkylation sites (tertiary alicyclic amines) is 1. The Morgan fingerprint density at radius 2 is 1.83 bits per heavy atom. The molecule has 0 aliphatic carbocycles. The third-order valence-electron chi connectivity index (χ3n) is 4.52. The molecule has 1 aliphatic rings. The molecule has 168 valence electrons. The fourth-order valence-corrected chi connectivity index (χ4v) is 3.19. The largest absolute Gasteiger partial charge is 0.488 e. The van der Waals surface area contributed by atoms with Gasteiger partial charge in [-0.2, -0.15) is 0 Å². The van der Waals surface area contributed by atoms with Crippen LogP contribution in [0.1, 0.15) is 29.6 Å². The summed E-state index contributed by atoms with van der Waals surface area (Å²) in [6.07, 6.45) is -3.05. The smallest absolute Gasteiger partial charge is 0.317 e. The summed E-state index contributed by atoms with van der Waals surface area (Å²) in [4.78, 5) is 25.4. The molecule has 1 atom stereocenters. The Labute approximate surface area is 170 Å². The lowest BCUT2D eigenvalue weighted by Crippen LogP contribution is -2.48. The molecule has 30 heavy (non-hydrogen) atoms. The monoisotopic (exact) mass is 436 g/mol. The molecule has 2 rings (SSSR count). The molecule has 0 aromatic heterocycles. The molecule has 0 unspecified atom stereocenters. The Balaban J connectivity index is 2.09. The van der Waals surface area contributed by atoms with Gasteiger partial charge >= 0.3 is 5.97 Å². The van der Waals surface area contributed by atoms with Gasteiger partial charge in [-0.25, -0.2) is 17.6 Å². The Hall–Kier alpha value is -2.56. The fourth-order valence-electron chi connectivity index (χ4n) is 3.19. The number of ether oxygens (including phenoxy) is 2. The number of benzene rings is 1. The number of aliphatic carboxylic acids is 1. The second-order valence-electron chi connectivity index (χ2n) is 6.79. The molecular weight excluding hydrogens is 412 g/mol. The van der Waals surface area contributed by atoms with Crippen LogP contribution < -0.4 is 14.8 Å². The zero-order chi connectivity index (χ0) is 22.1. The number of carbonyl (C=O) groups is 2. The average Bonchev–Trinajstić information content (AvgIpc) is 2.69. The van der Waals surface area contributed by atoms with Crippen LogP contribution in [0.15, 0.2) is 18.2 Å². The number of carbonyl (C=O) groups excluding carboxylic acids is 1. The van der Waals surface area contributed by atoms with Crippen molar-refractivity contribution in [1.82, 2.24) is 10.2 Å². The summed E-state index contributed by atoms with van der Waals surface area (Å²) in [7, 11) is 0. The molecule has 1 saturated heterocycles. The van der Waals surface area contributed by atoms with E-state index >= 15 is 0 Å². The van der Waals surface area contributed by atoms with Crippen LogP contribution in [0.5, 0.6) is 11.5 Å². The molecule has 1 aliphatic heterocycles. The third-order valence-corrected chi connectivity index (χ3v) is 4.52. The molecule has 1 heterocycles. The van der Waals surface area contributed by atoms with Crippen LogP contribution in [0.25, 0.3) is 0 Å². The molecule has 1 aromatic carbocycles. The number of amides is 1. The standard InChI is InChI=1S/C19H24F4N2O5/c20-16(21)10-29-13-4-5-15(30-11-17(22)23)14(7-13)19(28)24-8-12-3-1-2-6-25(12)9-18(26)27/h4-5,7,12,16-17H,1-3,6,8-11H2,(H,24,28)(H,26,27)/t12-/m0/s1. The minimum absolute atomic E-state index is 0.0324. The van der Waals surface area contributed by atoms with Crippen molar-refractivity contribution in [3.8, 4) is 11.5 Å². The fraction of sp³-hybridized carbons (Fsp3) is 0.579. The van der Waals surface area contributed by atoms with E-state index in [1.54, 1.807) is 4.90 Å². The molecular formula is C19H24F4N2O5. The lowest BCUT2D eigenvalue weighted by molar-refractivity contribution is -0.139. The summed E-state index contributed by atoms with van der Waals surface area (Å²) in [5.41, 5.74) is -0.136. The van der Waals surface area contributed by atoms with E-state index < -0.39 is 37.9 Å². The minimum atomic E-state index is -2.76. The first-order valence-corrected chi connectivity index (χ1v) is 9.46. The van der Waals surface area contributed by atoms with E-state index in [4.69, 9.17) is 14.6 Å². The van der Waals surface area contributed by atoms with Crippen LogP contribution in [-0.4, -0.2) is 73.6 Å². The summed E-state index contributed by atoms with van der Waals surface area (Å²) in [6, 6.07) is 3.40.